The van der Waals surface area contributed by atoms with Crippen molar-refractivity contribution < 1.29 is 0 Å². The van der Waals surface area contributed by atoms with Gasteiger partial charge < -0.3 is 5.73 Å². The maximum atomic E-state index is 6.11. The van der Waals surface area contributed by atoms with Crippen molar-refractivity contribution in [2.75, 3.05) is 0 Å². The Hall–Kier alpha value is 0.140. The zero-order chi connectivity index (χ0) is 11.1. The molecule has 0 amide bonds. The first-order valence-electron chi connectivity index (χ1n) is 5.75. The molecule has 1 aromatic rings. The molecular weight excluding hydrogens is 270 g/mol. The van der Waals surface area contributed by atoms with E-state index in [-0.39, 0.29) is 6.04 Å². The highest BCUT2D eigenvalue weighted by Crippen LogP contribution is 2.28. The van der Waals surface area contributed by atoms with Gasteiger partial charge in [0.15, 0.2) is 0 Å². The summed E-state index contributed by atoms with van der Waals surface area (Å²) in [6, 6.07) is 4.45. The van der Waals surface area contributed by atoms with Crippen LogP contribution in [0.15, 0.2) is 15.9 Å². The summed E-state index contributed by atoms with van der Waals surface area (Å²) in [5.41, 5.74) is 6.11. The van der Waals surface area contributed by atoms with Gasteiger partial charge in [0.2, 0.25) is 0 Å². The van der Waals surface area contributed by atoms with E-state index in [0.29, 0.717) is 0 Å². The Morgan fingerprint density at radius 1 is 1.27 bits per heavy atom. The SMILES string of the molecule is CCCCCCCC(N)c1ccc(Br)s1. The molecule has 0 saturated carbocycles. The molecule has 0 bridgehead atoms. The Morgan fingerprint density at radius 2 is 2.00 bits per heavy atom. The van der Waals surface area contributed by atoms with Crippen LogP contribution >= 0.6 is 27.3 Å². The Labute approximate surface area is 105 Å². The average Bonchev–Trinajstić information content (AvgIpc) is 2.64. The molecule has 0 radical (unpaired) electrons. The summed E-state index contributed by atoms with van der Waals surface area (Å²) >= 11 is 5.22. The highest BCUT2D eigenvalue weighted by atomic mass is 79.9. The molecule has 2 N–H and O–H groups in total. The maximum absolute atomic E-state index is 6.11. The Morgan fingerprint density at radius 3 is 2.60 bits per heavy atom. The lowest BCUT2D eigenvalue weighted by Gasteiger charge is -2.08. The Kier molecular flexibility index (Phi) is 6.53. The fourth-order valence-corrected chi connectivity index (χ4v) is 3.10. The predicted octanol–water partition coefficient (Wildman–Crippen LogP) is 4.87. The van der Waals surface area contributed by atoms with Crippen LogP contribution < -0.4 is 5.73 Å². The van der Waals surface area contributed by atoms with E-state index in [9.17, 15) is 0 Å². The van der Waals surface area contributed by atoms with Crippen LogP contribution in [0, 0.1) is 0 Å². The smallest absolute Gasteiger partial charge is 0.0701 e. The van der Waals surface area contributed by atoms with Gasteiger partial charge in [-0.25, -0.2) is 0 Å². The summed E-state index contributed by atoms with van der Waals surface area (Å²) < 4.78 is 1.18. The van der Waals surface area contributed by atoms with Crippen LogP contribution in [0.5, 0.6) is 0 Å². The van der Waals surface area contributed by atoms with Gasteiger partial charge in [0.1, 0.15) is 0 Å². The molecule has 0 saturated heterocycles. The summed E-state index contributed by atoms with van der Waals surface area (Å²) in [5.74, 6) is 0. The molecule has 15 heavy (non-hydrogen) atoms. The van der Waals surface area contributed by atoms with Crippen LogP contribution in [0.25, 0.3) is 0 Å². The van der Waals surface area contributed by atoms with Gasteiger partial charge in [-0.05, 0) is 34.5 Å². The third-order valence-electron chi connectivity index (χ3n) is 2.58. The molecule has 0 aromatic carbocycles. The fraction of sp³-hybridized carbons (Fsp3) is 0.667. The Bertz CT molecular complexity index is 272. The van der Waals surface area contributed by atoms with Crippen molar-refractivity contribution in [1.82, 2.24) is 0 Å². The van der Waals surface area contributed by atoms with E-state index >= 15 is 0 Å². The molecule has 0 aliphatic carbocycles. The first-order valence-corrected chi connectivity index (χ1v) is 7.35. The minimum absolute atomic E-state index is 0.239. The summed E-state index contributed by atoms with van der Waals surface area (Å²) in [7, 11) is 0. The summed E-state index contributed by atoms with van der Waals surface area (Å²) in [5, 5.41) is 0. The van der Waals surface area contributed by atoms with E-state index in [2.05, 4.69) is 35.0 Å². The van der Waals surface area contributed by atoms with Crippen LogP contribution in [0.2, 0.25) is 0 Å². The zero-order valence-corrected chi connectivity index (χ0v) is 11.7. The predicted molar refractivity (Wildman–Crippen MR) is 72.3 cm³/mol. The molecule has 0 aliphatic rings. The number of hydrogen-bond donors (Lipinski definition) is 1. The molecule has 1 aromatic heterocycles. The van der Waals surface area contributed by atoms with Gasteiger partial charge in [0.05, 0.1) is 3.79 Å². The first-order chi connectivity index (χ1) is 7.24. The highest BCUT2D eigenvalue weighted by Gasteiger charge is 2.07. The van der Waals surface area contributed by atoms with Crippen LogP contribution in [0.4, 0.5) is 0 Å². The van der Waals surface area contributed by atoms with E-state index in [1.54, 1.807) is 11.3 Å². The zero-order valence-electron chi connectivity index (χ0n) is 9.34. The third-order valence-corrected chi connectivity index (χ3v) is 4.33. The summed E-state index contributed by atoms with van der Waals surface area (Å²) in [4.78, 5) is 1.30. The molecule has 0 spiro atoms. The number of hydrogen-bond acceptors (Lipinski definition) is 2. The molecule has 1 nitrogen and oxygen atoms in total. The van der Waals surface area contributed by atoms with Crippen LogP contribution in [-0.4, -0.2) is 0 Å². The van der Waals surface area contributed by atoms with Gasteiger partial charge in [-0.2, -0.15) is 0 Å². The molecular formula is C12H20BrNS. The number of halogens is 1. The number of rotatable bonds is 7. The maximum Gasteiger partial charge on any atom is 0.0701 e. The minimum Gasteiger partial charge on any atom is -0.323 e. The van der Waals surface area contributed by atoms with Crippen molar-refractivity contribution in [1.29, 1.82) is 0 Å². The van der Waals surface area contributed by atoms with Gasteiger partial charge >= 0.3 is 0 Å². The molecule has 3 heteroatoms. The van der Waals surface area contributed by atoms with Crippen molar-refractivity contribution in [2.24, 2.45) is 5.73 Å². The summed E-state index contributed by atoms with van der Waals surface area (Å²) in [6.45, 7) is 2.24. The first kappa shape index (κ1) is 13.2. The number of unbranched alkanes of at least 4 members (excludes halogenated alkanes) is 4. The lowest BCUT2D eigenvalue weighted by atomic mass is 10.1. The normalized spacial score (nSPS) is 13.0. The van der Waals surface area contributed by atoms with E-state index in [4.69, 9.17) is 5.73 Å². The van der Waals surface area contributed by atoms with E-state index < -0.39 is 0 Å². The van der Waals surface area contributed by atoms with Gasteiger partial charge in [0, 0.05) is 10.9 Å². The number of nitrogens with two attached hydrogens (primary N) is 1. The molecule has 1 atom stereocenters. The monoisotopic (exact) mass is 289 g/mol. The second-order valence-corrected chi connectivity index (χ2v) is 6.45. The van der Waals surface area contributed by atoms with Crippen LogP contribution in [0.1, 0.15) is 56.4 Å². The van der Waals surface area contributed by atoms with Gasteiger partial charge in [-0.15, -0.1) is 11.3 Å². The van der Waals surface area contributed by atoms with E-state index in [1.807, 2.05) is 0 Å². The van der Waals surface area contributed by atoms with Crippen LogP contribution in [0.3, 0.4) is 0 Å². The number of thiophene rings is 1. The largest absolute Gasteiger partial charge is 0.323 e. The second kappa shape index (κ2) is 7.42. The minimum atomic E-state index is 0.239. The van der Waals surface area contributed by atoms with Gasteiger partial charge in [-0.1, -0.05) is 39.0 Å². The molecule has 1 rings (SSSR count). The van der Waals surface area contributed by atoms with Crippen molar-refractivity contribution >= 4 is 27.3 Å². The van der Waals surface area contributed by atoms with E-state index in [0.717, 1.165) is 6.42 Å². The van der Waals surface area contributed by atoms with Crippen molar-refractivity contribution in [2.45, 2.75) is 51.5 Å². The highest BCUT2D eigenvalue weighted by molar-refractivity contribution is 9.11. The van der Waals surface area contributed by atoms with E-state index in [1.165, 1.54) is 40.8 Å². The van der Waals surface area contributed by atoms with Crippen LogP contribution in [-0.2, 0) is 0 Å². The lowest BCUT2D eigenvalue weighted by Crippen LogP contribution is -2.07. The van der Waals surface area contributed by atoms with Crippen molar-refractivity contribution in [3.05, 3.63) is 20.8 Å². The van der Waals surface area contributed by atoms with Crippen molar-refractivity contribution in [3.63, 3.8) is 0 Å². The summed E-state index contributed by atoms with van der Waals surface area (Å²) in [6.07, 6.45) is 7.74. The lowest BCUT2D eigenvalue weighted by molar-refractivity contribution is 0.559. The fourth-order valence-electron chi connectivity index (χ4n) is 1.64. The molecule has 0 fully saturated rings. The molecule has 1 unspecified atom stereocenters. The molecule has 86 valence electrons. The van der Waals surface area contributed by atoms with Crippen molar-refractivity contribution in [3.8, 4) is 0 Å². The standard InChI is InChI=1S/C12H20BrNS/c1-2-3-4-5-6-7-10(14)11-8-9-12(13)15-11/h8-10H,2-7,14H2,1H3. The average molecular weight is 290 g/mol. The quantitative estimate of drug-likeness (QED) is 0.712. The molecule has 1 heterocycles. The van der Waals surface area contributed by atoms with Gasteiger partial charge in [-0.3, -0.25) is 0 Å². The van der Waals surface area contributed by atoms with Gasteiger partial charge in [0.25, 0.3) is 0 Å². The third kappa shape index (κ3) is 5.14. The topological polar surface area (TPSA) is 26.0 Å². The second-order valence-electron chi connectivity index (χ2n) is 3.95. The molecule has 0 aliphatic heterocycles. The Balaban J connectivity index is 2.16.